The smallest absolute Gasteiger partial charge is 0.274 e. The minimum Gasteiger partial charge on any atom is -0.397 e. The normalized spacial score (nSPS) is 10.8. The number of amides is 1. The fourth-order valence-corrected chi connectivity index (χ4v) is 3.04. The molecule has 0 aliphatic carbocycles. The van der Waals surface area contributed by atoms with Crippen LogP contribution >= 0.6 is 11.3 Å². The quantitative estimate of drug-likeness (QED) is 0.499. The van der Waals surface area contributed by atoms with Crippen LogP contribution in [0.15, 0.2) is 54.3 Å². The molecule has 4 N–H and O–H groups in total. The molecule has 3 aromatic heterocycles. The summed E-state index contributed by atoms with van der Waals surface area (Å²) in [5.74, 6) is -0.300. The van der Waals surface area contributed by atoms with Crippen LogP contribution in [0.2, 0.25) is 0 Å². The summed E-state index contributed by atoms with van der Waals surface area (Å²) < 4.78 is 0. The molecule has 0 radical (unpaired) electrons. The Hall–Kier alpha value is -3.19. The minimum atomic E-state index is -0.300. The molecule has 0 aliphatic rings. The van der Waals surface area contributed by atoms with E-state index >= 15 is 0 Å². The first-order valence-electron chi connectivity index (χ1n) is 7.24. The number of hydrogen-bond acceptors (Lipinski definition) is 5. The first-order chi connectivity index (χ1) is 11.7. The van der Waals surface area contributed by atoms with Crippen LogP contribution in [0, 0.1) is 0 Å². The van der Waals surface area contributed by atoms with Gasteiger partial charge in [-0.2, -0.15) is 0 Å². The van der Waals surface area contributed by atoms with Crippen molar-refractivity contribution < 1.29 is 4.79 Å². The maximum Gasteiger partial charge on any atom is 0.274 e. The number of carbonyl (C=O) groups excluding carboxylic acids is 1. The van der Waals surface area contributed by atoms with Crippen molar-refractivity contribution in [3.05, 3.63) is 60.0 Å². The Morgan fingerprint density at radius 1 is 1.21 bits per heavy atom. The molecule has 1 amide bonds. The monoisotopic (exact) mass is 335 g/mol. The highest BCUT2D eigenvalue weighted by atomic mass is 32.1. The number of aromatic nitrogens is 3. The van der Waals surface area contributed by atoms with Gasteiger partial charge in [-0.05, 0) is 35.9 Å². The summed E-state index contributed by atoms with van der Waals surface area (Å²) >= 11 is 1.53. The molecule has 3 heterocycles. The Bertz CT molecular complexity index is 1020. The van der Waals surface area contributed by atoms with Crippen molar-refractivity contribution in [1.29, 1.82) is 0 Å². The third kappa shape index (κ3) is 2.61. The first kappa shape index (κ1) is 14.4. The van der Waals surface area contributed by atoms with E-state index in [1.165, 1.54) is 11.3 Å². The van der Waals surface area contributed by atoms with Crippen molar-refractivity contribution in [3.63, 3.8) is 0 Å². The van der Waals surface area contributed by atoms with Gasteiger partial charge in [-0.25, -0.2) is 4.98 Å². The zero-order chi connectivity index (χ0) is 16.5. The number of hydrogen-bond donors (Lipinski definition) is 3. The van der Waals surface area contributed by atoms with Crippen LogP contribution in [0.25, 0.3) is 21.5 Å². The van der Waals surface area contributed by atoms with Gasteiger partial charge in [0.15, 0.2) is 0 Å². The number of H-pyrrole nitrogens is 1. The van der Waals surface area contributed by atoms with Crippen molar-refractivity contribution in [2.45, 2.75) is 0 Å². The molecule has 0 bridgehead atoms. The maximum atomic E-state index is 12.5. The summed E-state index contributed by atoms with van der Waals surface area (Å²) in [6, 6.07) is 10.8. The van der Waals surface area contributed by atoms with Gasteiger partial charge in [0.2, 0.25) is 0 Å². The number of aromatic amines is 1. The van der Waals surface area contributed by atoms with Gasteiger partial charge in [-0.1, -0.05) is 6.07 Å². The molecule has 6 nitrogen and oxygen atoms in total. The van der Waals surface area contributed by atoms with Crippen molar-refractivity contribution in [3.8, 4) is 10.4 Å². The van der Waals surface area contributed by atoms with E-state index in [2.05, 4.69) is 20.3 Å². The van der Waals surface area contributed by atoms with E-state index in [1.54, 1.807) is 30.0 Å². The molecule has 1 aromatic carbocycles. The average Bonchev–Trinajstić information content (AvgIpc) is 3.27. The van der Waals surface area contributed by atoms with E-state index in [1.807, 2.05) is 24.3 Å². The first-order valence-corrected chi connectivity index (χ1v) is 8.12. The van der Waals surface area contributed by atoms with E-state index in [0.29, 0.717) is 17.1 Å². The van der Waals surface area contributed by atoms with E-state index in [0.717, 1.165) is 21.5 Å². The number of nitrogens with one attached hydrogen (secondary N) is 2. The average molecular weight is 335 g/mol. The minimum absolute atomic E-state index is 0.300. The van der Waals surface area contributed by atoms with E-state index < -0.39 is 0 Å². The lowest BCUT2D eigenvalue weighted by Gasteiger charge is -2.09. The van der Waals surface area contributed by atoms with Gasteiger partial charge < -0.3 is 16.0 Å². The third-order valence-electron chi connectivity index (χ3n) is 3.66. The number of pyridine rings is 1. The lowest BCUT2D eigenvalue weighted by molar-refractivity contribution is 0.102. The third-order valence-corrected chi connectivity index (χ3v) is 4.48. The molecule has 0 atom stereocenters. The van der Waals surface area contributed by atoms with Crippen LogP contribution < -0.4 is 11.1 Å². The van der Waals surface area contributed by atoms with E-state index in [-0.39, 0.29) is 5.91 Å². The van der Waals surface area contributed by atoms with Gasteiger partial charge in [0, 0.05) is 12.4 Å². The highest BCUT2D eigenvalue weighted by Crippen LogP contribution is 2.29. The number of anilines is 2. The van der Waals surface area contributed by atoms with Gasteiger partial charge in [0.1, 0.15) is 5.69 Å². The maximum absolute atomic E-state index is 12.5. The zero-order valence-electron chi connectivity index (χ0n) is 12.5. The topological polar surface area (TPSA) is 96.7 Å². The van der Waals surface area contributed by atoms with Crippen LogP contribution in [-0.4, -0.2) is 20.9 Å². The fraction of sp³-hybridized carbons (Fsp3) is 0. The Labute approximate surface area is 141 Å². The summed E-state index contributed by atoms with van der Waals surface area (Å²) in [5, 5.41) is 2.83. The van der Waals surface area contributed by atoms with Crippen LogP contribution in [0.5, 0.6) is 0 Å². The number of thiazole rings is 1. The van der Waals surface area contributed by atoms with Gasteiger partial charge in [-0.3, -0.25) is 9.78 Å². The highest BCUT2D eigenvalue weighted by molar-refractivity contribution is 7.13. The van der Waals surface area contributed by atoms with E-state index in [4.69, 9.17) is 5.73 Å². The van der Waals surface area contributed by atoms with Crippen molar-refractivity contribution >= 4 is 39.7 Å². The zero-order valence-corrected chi connectivity index (χ0v) is 13.3. The Morgan fingerprint density at radius 2 is 2.12 bits per heavy atom. The predicted octanol–water partition coefficient (Wildman–Crippen LogP) is 3.52. The molecule has 4 rings (SSSR count). The second-order valence-electron chi connectivity index (χ2n) is 5.23. The number of carbonyl (C=O) groups is 1. The van der Waals surface area contributed by atoms with Crippen molar-refractivity contribution in [1.82, 2.24) is 15.0 Å². The van der Waals surface area contributed by atoms with Crippen LogP contribution in [0.4, 0.5) is 11.4 Å². The molecule has 7 heteroatoms. The molecule has 0 spiro atoms. The molecule has 24 heavy (non-hydrogen) atoms. The number of benzene rings is 1. The number of nitrogens with zero attached hydrogens (tertiary/aromatic N) is 2. The molecular weight excluding hydrogens is 322 g/mol. The molecule has 0 fully saturated rings. The van der Waals surface area contributed by atoms with E-state index in [9.17, 15) is 4.79 Å². The Kier molecular flexibility index (Phi) is 3.47. The van der Waals surface area contributed by atoms with Crippen LogP contribution in [0.1, 0.15) is 10.5 Å². The van der Waals surface area contributed by atoms with Gasteiger partial charge in [0.05, 0.1) is 32.8 Å². The summed E-state index contributed by atoms with van der Waals surface area (Å²) in [4.78, 5) is 25.0. The highest BCUT2D eigenvalue weighted by Gasteiger charge is 2.12. The number of nitrogens with two attached hydrogens (primary N) is 1. The SMILES string of the molecule is Nc1ccc(-c2cncs2)cc1NC(=O)c1ccc2[nH]ccc2n1. The number of rotatable bonds is 3. The van der Waals surface area contributed by atoms with Crippen molar-refractivity contribution in [2.24, 2.45) is 0 Å². The predicted molar refractivity (Wildman–Crippen MR) is 96.0 cm³/mol. The summed E-state index contributed by atoms with van der Waals surface area (Å²) in [7, 11) is 0. The molecule has 0 unspecified atom stereocenters. The lowest BCUT2D eigenvalue weighted by atomic mass is 10.1. The van der Waals surface area contributed by atoms with Crippen LogP contribution in [0.3, 0.4) is 0 Å². The summed E-state index contributed by atoms with van der Waals surface area (Å²) in [6.07, 6.45) is 3.57. The second kappa shape index (κ2) is 5.78. The second-order valence-corrected chi connectivity index (χ2v) is 6.12. The summed E-state index contributed by atoms with van der Waals surface area (Å²) in [5.41, 5.74) is 11.7. The molecule has 118 valence electrons. The largest absolute Gasteiger partial charge is 0.397 e. The van der Waals surface area contributed by atoms with Gasteiger partial charge in [-0.15, -0.1) is 11.3 Å². The lowest BCUT2D eigenvalue weighted by Crippen LogP contribution is -2.14. The molecule has 0 saturated carbocycles. The standard InChI is InChI=1S/C17H13N5OS/c18-11-2-1-10(16-8-19-9-24-16)7-15(11)22-17(23)14-4-3-12-13(21-14)5-6-20-12/h1-9,20H,18H2,(H,22,23). The molecule has 0 saturated heterocycles. The number of fused-ring (bicyclic) bond motifs is 1. The molecule has 4 aromatic rings. The molecule has 0 aliphatic heterocycles. The Balaban J connectivity index is 1.64. The van der Waals surface area contributed by atoms with Gasteiger partial charge in [0.25, 0.3) is 5.91 Å². The van der Waals surface area contributed by atoms with Crippen molar-refractivity contribution in [2.75, 3.05) is 11.1 Å². The molecular formula is C17H13N5OS. The Morgan fingerprint density at radius 3 is 2.96 bits per heavy atom. The van der Waals surface area contributed by atoms with Crippen LogP contribution in [-0.2, 0) is 0 Å². The van der Waals surface area contributed by atoms with Gasteiger partial charge >= 0.3 is 0 Å². The number of nitrogen functional groups attached to an aromatic ring is 1. The fourth-order valence-electron chi connectivity index (χ4n) is 2.42. The summed E-state index contributed by atoms with van der Waals surface area (Å²) in [6.45, 7) is 0.